The summed E-state index contributed by atoms with van der Waals surface area (Å²) in [5.74, 6) is 7.95. The Hall–Kier alpha value is -0.480. The summed E-state index contributed by atoms with van der Waals surface area (Å²) in [4.78, 5) is 0. The molecule has 1 nitrogen and oxygen atoms in total. The van der Waals surface area contributed by atoms with Gasteiger partial charge in [0.25, 0.3) is 0 Å². The van der Waals surface area contributed by atoms with Gasteiger partial charge < -0.3 is 5.32 Å². The summed E-state index contributed by atoms with van der Waals surface area (Å²) < 4.78 is 0. The van der Waals surface area contributed by atoms with Crippen molar-refractivity contribution in [3.8, 4) is 11.8 Å². The molecule has 1 fully saturated rings. The predicted molar refractivity (Wildman–Crippen MR) is 71.2 cm³/mol. The maximum absolute atomic E-state index is 3.52. The van der Waals surface area contributed by atoms with Gasteiger partial charge in [-0.05, 0) is 44.1 Å². The van der Waals surface area contributed by atoms with E-state index in [0.717, 1.165) is 18.3 Å². The standard InChI is InChI=1S/C15H27N/c1-6-7-10-15(3,4)13-9-8-12(2)11-14(13)16-5/h12-14,16H,8-11H2,1-5H3. The topological polar surface area (TPSA) is 12.0 Å². The minimum absolute atomic E-state index is 0.344. The Balaban J connectivity index is 2.71. The van der Waals surface area contributed by atoms with E-state index in [9.17, 15) is 0 Å². The zero-order valence-electron chi connectivity index (χ0n) is 11.6. The fourth-order valence-electron chi connectivity index (χ4n) is 3.08. The van der Waals surface area contributed by atoms with Gasteiger partial charge in [0.2, 0.25) is 0 Å². The van der Waals surface area contributed by atoms with Crippen LogP contribution in [0.25, 0.3) is 0 Å². The quantitative estimate of drug-likeness (QED) is 0.720. The van der Waals surface area contributed by atoms with E-state index in [2.05, 4.69) is 45.0 Å². The minimum atomic E-state index is 0.344. The van der Waals surface area contributed by atoms with Crippen LogP contribution in [0.3, 0.4) is 0 Å². The molecule has 3 unspecified atom stereocenters. The smallest absolute Gasteiger partial charge is 0.0143 e. The van der Waals surface area contributed by atoms with Crippen LogP contribution < -0.4 is 5.32 Å². The van der Waals surface area contributed by atoms with E-state index in [4.69, 9.17) is 0 Å². The van der Waals surface area contributed by atoms with Gasteiger partial charge in [-0.25, -0.2) is 0 Å². The first kappa shape index (κ1) is 13.6. The first-order valence-corrected chi connectivity index (χ1v) is 6.58. The van der Waals surface area contributed by atoms with Crippen LogP contribution in [0.1, 0.15) is 53.4 Å². The van der Waals surface area contributed by atoms with E-state index < -0.39 is 0 Å². The average molecular weight is 221 g/mol. The summed E-state index contributed by atoms with van der Waals surface area (Å²) in [7, 11) is 2.11. The molecule has 1 saturated carbocycles. The molecule has 0 bridgehead atoms. The third-order valence-corrected chi connectivity index (χ3v) is 4.21. The van der Waals surface area contributed by atoms with Crippen molar-refractivity contribution in [1.29, 1.82) is 0 Å². The summed E-state index contributed by atoms with van der Waals surface area (Å²) in [6.07, 6.45) is 5.09. The lowest BCUT2D eigenvalue weighted by Gasteiger charge is -2.43. The minimum Gasteiger partial charge on any atom is -0.317 e. The second-order valence-electron chi connectivity index (χ2n) is 6.01. The van der Waals surface area contributed by atoms with Crippen LogP contribution in [0.15, 0.2) is 0 Å². The first-order valence-electron chi connectivity index (χ1n) is 6.58. The van der Waals surface area contributed by atoms with E-state index in [0.29, 0.717) is 11.5 Å². The van der Waals surface area contributed by atoms with Gasteiger partial charge in [0.1, 0.15) is 0 Å². The third kappa shape index (κ3) is 3.25. The molecule has 0 heterocycles. The van der Waals surface area contributed by atoms with Crippen LogP contribution >= 0.6 is 0 Å². The van der Waals surface area contributed by atoms with Crippen LogP contribution in [0.4, 0.5) is 0 Å². The SMILES string of the molecule is CC#CCC(C)(C)C1CCC(C)CC1NC. The number of nitrogens with one attached hydrogen (secondary N) is 1. The molecule has 0 radical (unpaired) electrons. The molecule has 3 atom stereocenters. The van der Waals surface area contributed by atoms with Crippen molar-refractivity contribution < 1.29 is 0 Å². The summed E-state index contributed by atoms with van der Waals surface area (Å²) in [6, 6.07) is 0.678. The highest BCUT2D eigenvalue weighted by atomic mass is 14.9. The highest BCUT2D eigenvalue weighted by molar-refractivity contribution is 5.02. The van der Waals surface area contributed by atoms with Crippen molar-refractivity contribution >= 4 is 0 Å². The van der Waals surface area contributed by atoms with Crippen molar-refractivity contribution in [3.63, 3.8) is 0 Å². The normalized spacial score (nSPS) is 30.7. The van der Waals surface area contributed by atoms with E-state index in [1.54, 1.807) is 0 Å². The zero-order chi connectivity index (χ0) is 12.2. The van der Waals surface area contributed by atoms with Crippen molar-refractivity contribution in [1.82, 2.24) is 5.32 Å². The molecule has 0 amide bonds. The Morgan fingerprint density at radius 3 is 2.56 bits per heavy atom. The molecular weight excluding hydrogens is 194 g/mol. The molecule has 0 saturated heterocycles. The summed E-state index contributed by atoms with van der Waals surface area (Å²) in [5, 5.41) is 3.52. The van der Waals surface area contributed by atoms with Gasteiger partial charge in [0.05, 0.1) is 0 Å². The van der Waals surface area contributed by atoms with Crippen LogP contribution in [-0.4, -0.2) is 13.1 Å². The van der Waals surface area contributed by atoms with Gasteiger partial charge in [-0.3, -0.25) is 0 Å². The van der Waals surface area contributed by atoms with Crippen LogP contribution in [0.2, 0.25) is 0 Å². The fraction of sp³-hybridized carbons (Fsp3) is 0.867. The van der Waals surface area contributed by atoms with Gasteiger partial charge in [-0.15, -0.1) is 11.8 Å². The molecular formula is C15H27N. The highest BCUT2D eigenvalue weighted by Crippen LogP contribution is 2.42. The third-order valence-electron chi connectivity index (χ3n) is 4.21. The van der Waals surface area contributed by atoms with Gasteiger partial charge in [-0.1, -0.05) is 27.2 Å². The lowest BCUT2D eigenvalue weighted by molar-refractivity contribution is 0.102. The molecule has 0 spiro atoms. The zero-order valence-corrected chi connectivity index (χ0v) is 11.6. The molecule has 1 rings (SSSR count). The highest BCUT2D eigenvalue weighted by Gasteiger charge is 2.37. The Bertz CT molecular complexity index is 269. The molecule has 1 aliphatic carbocycles. The van der Waals surface area contributed by atoms with Gasteiger partial charge in [0.15, 0.2) is 0 Å². The molecule has 1 N–H and O–H groups in total. The summed E-state index contributed by atoms with van der Waals surface area (Å²) >= 11 is 0. The Morgan fingerprint density at radius 1 is 1.31 bits per heavy atom. The molecule has 1 aliphatic rings. The summed E-state index contributed by atoms with van der Waals surface area (Å²) in [5.41, 5.74) is 0.344. The number of hydrogen-bond donors (Lipinski definition) is 1. The van der Waals surface area contributed by atoms with Crippen molar-refractivity contribution in [2.45, 2.75) is 59.4 Å². The first-order chi connectivity index (χ1) is 7.51. The lowest BCUT2D eigenvalue weighted by Crippen LogP contribution is -2.45. The monoisotopic (exact) mass is 221 g/mol. The molecule has 92 valence electrons. The molecule has 16 heavy (non-hydrogen) atoms. The Morgan fingerprint density at radius 2 is 2.00 bits per heavy atom. The molecule has 0 aromatic carbocycles. The van der Waals surface area contributed by atoms with E-state index in [-0.39, 0.29) is 0 Å². The molecule has 0 aromatic rings. The summed E-state index contributed by atoms with van der Waals surface area (Å²) in [6.45, 7) is 9.07. The fourth-order valence-corrected chi connectivity index (χ4v) is 3.08. The lowest BCUT2D eigenvalue weighted by atomic mass is 9.65. The van der Waals surface area contributed by atoms with Gasteiger partial charge in [-0.2, -0.15) is 0 Å². The maximum atomic E-state index is 3.52. The van der Waals surface area contributed by atoms with Crippen LogP contribution in [-0.2, 0) is 0 Å². The number of hydrogen-bond acceptors (Lipinski definition) is 1. The van der Waals surface area contributed by atoms with Gasteiger partial charge in [0, 0.05) is 12.5 Å². The Labute approximate surface area is 101 Å². The predicted octanol–water partition coefficient (Wildman–Crippen LogP) is 3.45. The Kier molecular flexibility index (Phi) is 4.87. The van der Waals surface area contributed by atoms with Crippen molar-refractivity contribution in [2.75, 3.05) is 7.05 Å². The van der Waals surface area contributed by atoms with Crippen LogP contribution in [0, 0.1) is 29.1 Å². The van der Waals surface area contributed by atoms with E-state index >= 15 is 0 Å². The average Bonchev–Trinajstić information content (AvgIpc) is 2.26. The number of rotatable bonds is 3. The second kappa shape index (κ2) is 5.73. The second-order valence-corrected chi connectivity index (χ2v) is 6.01. The molecule has 0 aromatic heterocycles. The van der Waals surface area contributed by atoms with E-state index in [1.165, 1.54) is 19.3 Å². The van der Waals surface area contributed by atoms with Crippen LogP contribution in [0.5, 0.6) is 0 Å². The van der Waals surface area contributed by atoms with Crippen molar-refractivity contribution in [2.24, 2.45) is 17.3 Å². The van der Waals surface area contributed by atoms with E-state index in [1.807, 2.05) is 6.92 Å². The largest absolute Gasteiger partial charge is 0.317 e. The molecule has 1 heteroatoms. The molecule has 0 aliphatic heterocycles. The maximum Gasteiger partial charge on any atom is 0.0143 e. The van der Waals surface area contributed by atoms with Crippen molar-refractivity contribution in [3.05, 3.63) is 0 Å². The van der Waals surface area contributed by atoms with Gasteiger partial charge >= 0.3 is 0 Å².